The number of carbonyl (C=O) groups is 2. The number of hydrogen-bond donors (Lipinski definition) is 1. The van der Waals surface area contributed by atoms with E-state index in [-0.39, 0.29) is 6.09 Å². The summed E-state index contributed by atoms with van der Waals surface area (Å²) >= 11 is 0. The molecule has 0 saturated heterocycles. The van der Waals surface area contributed by atoms with Crippen molar-refractivity contribution in [2.45, 2.75) is 38.7 Å². The first-order valence-electron chi connectivity index (χ1n) is 7.20. The molecule has 1 aliphatic rings. The average Bonchev–Trinajstić information content (AvgIpc) is 2.48. The molecule has 0 aliphatic heterocycles. The van der Waals surface area contributed by atoms with Gasteiger partial charge in [0.05, 0.1) is 0 Å². The molecule has 1 aromatic rings. The minimum absolute atomic E-state index is 0.296. The van der Waals surface area contributed by atoms with Crippen LogP contribution in [-0.4, -0.2) is 18.4 Å². The van der Waals surface area contributed by atoms with E-state index in [0.717, 1.165) is 24.8 Å². The number of carbonyl (C=O) groups excluding carboxylic acids is 2. The van der Waals surface area contributed by atoms with Gasteiger partial charge in [-0.25, -0.2) is 4.79 Å². The maximum absolute atomic E-state index is 11.5. The topological polar surface area (TPSA) is 55.4 Å². The normalized spacial score (nSPS) is 15.9. The molecular formula is C16H21NO3. The van der Waals surface area contributed by atoms with Gasteiger partial charge in [-0.05, 0) is 30.7 Å². The van der Waals surface area contributed by atoms with Crippen molar-refractivity contribution in [1.82, 2.24) is 5.32 Å². The minimum atomic E-state index is -0.374. The van der Waals surface area contributed by atoms with Crippen molar-refractivity contribution in [3.8, 4) is 0 Å². The van der Waals surface area contributed by atoms with Crippen LogP contribution in [0.1, 0.15) is 37.7 Å². The molecule has 0 aromatic heterocycles. The van der Waals surface area contributed by atoms with Gasteiger partial charge in [0.15, 0.2) is 0 Å². The van der Waals surface area contributed by atoms with Crippen LogP contribution in [0.5, 0.6) is 0 Å². The van der Waals surface area contributed by atoms with Gasteiger partial charge in [0.25, 0.3) is 0 Å². The van der Waals surface area contributed by atoms with E-state index in [0.29, 0.717) is 37.7 Å². The fourth-order valence-corrected chi connectivity index (χ4v) is 2.44. The molecule has 0 radical (unpaired) electrons. The maximum atomic E-state index is 11.5. The third-order valence-electron chi connectivity index (χ3n) is 3.70. The van der Waals surface area contributed by atoms with Crippen LogP contribution in [0.15, 0.2) is 30.3 Å². The zero-order chi connectivity index (χ0) is 14.2. The highest BCUT2D eigenvalue weighted by molar-refractivity contribution is 5.79. The van der Waals surface area contributed by atoms with Gasteiger partial charge < -0.3 is 10.1 Å². The number of Topliss-reactive ketones (excluding diaryl/α,β-unsaturated/α-hetero) is 1. The average molecular weight is 275 g/mol. The Morgan fingerprint density at radius 3 is 2.60 bits per heavy atom. The largest absolute Gasteiger partial charge is 0.445 e. The van der Waals surface area contributed by atoms with Crippen molar-refractivity contribution in [2.75, 3.05) is 6.54 Å². The van der Waals surface area contributed by atoms with Crippen molar-refractivity contribution < 1.29 is 14.3 Å². The first kappa shape index (κ1) is 14.6. The summed E-state index contributed by atoms with van der Waals surface area (Å²) < 4.78 is 5.13. The molecule has 4 heteroatoms. The molecule has 1 fully saturated rings. The van der Waals surface area contributed by atoms with Crippen LogP contribution < -0.4 is 5.32 Å². The van der Waals surface area contributed by atoms with Crippen LogP contribution in [0, 0.1) is 5.92 Å². The standard InChI is InChI=1S/C16H21NO3/c18-15-8-6-13(7-9-15)10-11-17-16(19)20-12-14-4-2-1-3-5-14/h1-5,13H,6-12H2,(H,17,19). The van der Waals surface area contributed by atoms with E-state index < -0.39 is 0 Å². The molecule has 2 rings (SSSR count). The molecule has 108 valence electrons. The van der Waals surface area contributed by atoms with Crippen molar-refractivity contribution in [3.63, 3.8) is 0 Å². The van der Waals surface area contributed by atoms with Crippen LogP contribution in [0.3, 0.4) is 0 Å². The summed E-state index contributed by atoms with van der Waals surface area (Å²) in [5.41, 5.74) is 0.980. The first-order valence-corrected chi connectivity index (χ1v) is 7.20. The molecule has 0 atom stereocenters. The van der Waals surface area contributed by atoms with Crippen molar-refractivity contribution in [1.29, 1.82) is 0 Å². The van der Waals surface area contributed by atoms with Crippen LogP contribution >= 0.6 is 0 Å². The summed E-state index contributed by atoms with van der Waals surface area (Å²) in [5, 5.41) is 2.77. The Morgan fingerprint density at radius 2 is 1.90 bits per heavy atom. The number of ketones is 1. The first-order chi connectivity index (χ1) is 9.74. The zero-order valence-electron chi connectivity index (χ0n) is 11.6. The number of rotatable bonds is 5. The molecule has 1 N–H and O–H groups in total. The SMILES string of the molecule is O=C1CCC(CCNC(=O)OCc2ccccc2)CC1. The van der Waals surface area contributed by atoms with Gasteiger partial charge in [0, 0.05) is 19.4 Å². The monoisotopic (exact) mass is 275 g/mol. The summed E-state index contributed by atoms with van der Waals surface area (Å²) in [4.78, 5) is 22.6. The summed E-state index contributed by atoms with van der Waals surface area (Å²) in [6.07, 6.45) is 3.86. The Hall–Kier alpha value is -1.84. The van der Waals surface area contributed by atoms with E-state index in [9.17, 15) is 9.59 Å². The third-order valence-corrected chi connectivity index (χ3v) is 3.70. The lowest BCUT2D eigenvalue weighted by molar-refractivity contribution is -0.121. The third kappa shape index (κ3) is 5.03. The molecule has 1 aliphatic carbocycles. The van der Waals surface area contributed by atoms with E-state index in [1.165, 1.54) is 0 Å². The van der Waals surface area contributed by atoms with Gasteiger partial charge in [0.1, 0.15) is 12.4 Å². The van der Waals surface area contributed by atoms with Crippen molar-refractivity contribution >= 4 is 11.9 Å². The van der Waals surface area contributed by atoms with Gasteiger partial charge in [-0.15, -0.1) is 0 Å². The second-order valence-corrected chi connectivity index (χ2v) is 5.26. The van der Waals surface area contributed by atoms with Gasteiger partial charge in [-0.1, -0.05) is 30.3 Å². The van der Waals surface area contributed by atoms with Crippen LogP contribution in [0.25, 0.3) is 0 Å². The van der Waals surface area contributed by atoms with Crippen LogP contribution in [0.2, 0.25) is 0 Å². The molecule has 0 heterocycles. The number of alkyl carbamates (subject to hydrolysis) is 1. The Morgan fingerprint density at radius 1 is 1.20 bits per heavy atom. The quantitative estimate of drug-likeness (QED) is 0.898. The molecule has 4 nitrogen and oxygen atoms in total. The summed E-state index contributed by atoms with van der Waals surface area (Å²) in [7, 11) is 0. The smallest absolute Gasteiger partial charge is 0.407 e. The highest BCUT2D eigenvalue weighted by Gasteiger charge is 2.18. The highest BCUT2D eigenvalue weighted by Crippen LogP contribution is 2.23. The molecule has 0 unspecified atom stereocenters. The Bertz CT molecular complexity index is 434. The molecule has 1 saturated carbocycles. The van der Waals surface area contributed by atoms with Crippen molar-refractivity contribution in [3.05, 3.63) is 35.9 Å². The fraction of sp³-hybridized carbons (Fsp3) is 0.500. The molecule has 0 bridgehead atoms. The molecular weight excluding hydrogens is 254 g/mol. The Labute approximate surface area is 119 Å². The molecule has 1 amide bonds. The number of benzene rings is 1. The number of nitrogens with one attached hydrogen (secondary N) is 1. The fourth-order valence-electron chi connectivity index (χ4n) is 2.44. The van der Waals surface area contributed by atoms with E-state index in [1.54, 1.807) is 0 Å². The van der Waals surface area contributed by atoms with E-state index in [2.05, 4.69) is 5.32 Å². The van der Waals surface area contributed by atoms with Crippen molar-refractivity contribution in [2.24, 2.45) is 5.92 Å². The Kier molecular flexibility index (Phi) is 5.59. The van der Waals surface area contributed by atoms with E-state index in [1.807, 2.05) is 30.3 Å². The van der Waals surface area contributed by atoms with E-state index >= 15 is 0 Å². The molecule has 0 spiro atoms. The minimum Gasteiger partial charge on any atom is -0.445 e. The van der Waals surface area contributed by atoms with Crippen LogP contribution in [-0.2, 0) is 16.1 Å². The lowest BCUT2D eigenvalue weighted by Gasteiger charge is -2.20. The van der Waals surface area contributed by atoms with Gasteiger partial charge >= 0.3 is 6.09 Å². The predicted molar refractivity (Wildman–Crippen MR) is 76.2 cm³/mol. The second kappa shape index (κ2) is 7.68. The van der Waals surface area contributed by atoms with E-state index in [4.69, 9.17) is 4.74 Å². The summed E-state index contributed by atoms with van der Waals surface area (Å²) in [5.74, 6) is 0.929. The number of ether oxygens (including phenoxy) is 1. The summed E-state index contributed by atoms with van der Waals surface area (Å²) in [6.45, 7) is 0.914. The number of hydrogen-bond acceptors (Lipinski definition) is 3. The van der Waals surface area contributed by atoms with Crippen LogP contribution in [0.4, 0.5) is 4.79 Å². The zero-order valence-corrected chi connectivity index (χ0v) is 11.6. The lowest BCUT2D eigenvalue weighted by Crippen LogP contribution is -2.27. The Balaban J connectivity index is 1.57. The highest BCUT2D eigenvalue weighted by atomic mass is 16.5. The second-order valence-electron chi connectivity index (χ2n) is 5.26. The van der Waals surface area contributed by atoms with Gasteiger partial charge in [0.2, 0.25) is 0 Å². The lowest BCUT2D eigenvalue weighted by atomic mass is 9.86. The molecule has 20 heavy (non-hydrogen) atoms. The predicted octanol–water partition coefficient (Wildman–Crippen LogP) is 3.06. The maximum Gasteiger partial charge on any atom is 0.407 e. The number of amides is 1. The summed E-state index contributed by atoms with van der Waals surface area (Å²) in [6, 6.07) is 9.61. The van der Waals surface area contributed by atoms with Gasteiger partial charge in [-0.2, -0.15) is 0 Å². The molecule has 1 aromatic carbocycles. The van der Waals surface area contributed by atoms with Gasteiger partial charge in [-0.3, -0.25) is 4.79 Å².